The van der Waals surface area contributed by atoms with Gasteiger partial charge in [-0.15, -0.1) is 0 Å². The molecule has 78 heavy (non-hydrogen) atoms. The van der Waals surface area contributed by atoms with Crippen molar-refractivity contribution in [2.45, 2.75) is 204 Å². The summed E-state index contributed by atoms with van der Waals surface area (Å²) in [6.07, 6.45) is 35.9. The number of hydrogen-bond donors (Lipinski definition) is 0. The van der Waals surface area contributed by atoms with Gasteiger partial charge in [0, 0.05) is 11.1 Å². The van der Waals surface area contributed by atoms with E-state index in [0.717, 1.165) is 134 Å². The van der Waals surface area contributed by atoms with Crippen molar-refractivity contribution in [1.29, 1.82) is 0 Å². The molecule has 0 saturated carbocycles. The van der Waals surface area contributed by atoms with Crippen LogP contribution in [0.1, 0.15) is 180 Å². The molecule has 422 valence electrons. The van der Waals surface area contributed by atoms with Gasteiger partial charge in [0.15, 0.2) is 34.2 Å². The molecule has 4 saturated heterocycles. The monoisotopic (exact) mass is 1070 g/mol. The molecule has 0 aliphatic carbocycles. The van der Waals surface area contributed by atoms with Crippen molar-refractivity contribution in [3.8, 4) is 57.0 Å². The summed E-state index contributed by atoms with van der Waals surface area (Å²) in [4.78, 5) is 9.87. The second kappa shape index (κ2) is 30.4. The van der Waals surface area contributed by atoms with Crippen molar-refractivity contribution < 1.29 is 46.7 Å². The number of epoxide rings is 4. The SMILES string of the molecule is c1cc2nc(-c3ccc(OCCCCCCCCC4CO4)c(OCCCCCCCCC4CO4)c3)oc2cc1-c1ccc2nc(-c3ccc(OCCCCCCCCC4CO4)c(OCCCCCCCCC4CO4)c3)oc2c1. The highest BCUT2D eigenvalue weighted by Gasteiger charge is 2.24. The summed E-state index contributed by atoms with van der Waals surface area (Å²) >= 11 is 0. The Balaban J connectivity index is 0.751. The Hall–Kier alpha value is -5.14. The van der Waals surface area contributed by atoms with E-state index in [2.05, 4.69) is 24.3 Å². The maximum Gasteiger partial charge on any atom is 0.227 e. The quantitative estimate of drug-likeness (QED) is 0.0266. The van der Waals surface area contributed by atoms with Gasteiger partial charge < -0.3 is 46.7 Å². The molecule has 12 nitrogen and oxygen atoms in total. The minimum absolute atomic E-state index is 0.537. The van der Waals surface area contributed by atoms with E-state index in [1.807, 2.05) is 48.5 Å². The first-order valence-corrected chi connectivity index (χ1v) is 30.7. The normalized spacial score (nSPS) is 18.2. The highest BCUT2D eigenvalue weighted by molar-refractivity contribution is 5.86. The minimum atomic E-state index is 0.537. The van der Waals surface area contributed by atoms with Crippen LogP contribution < -0.4 is 18.9 Å². The highest BCUT2D eigenvalue weighted by Crippen LogP contribution is 2.38. The Morgan fingerprint density at radius 1 is 0.308 bits per heavy atom. The number of rotatable bonds is 43. The predicted octanol–water partition coefficient (Wildman–Crippen LogP) is 17.0. The summed E-state index contributed by atoms with van der Waals surface area (Å²) in [6, 6.07) is 24.5. The Kier molecular flexibility index (Phi) is 21.9. The molecule has 4 atom stereocenters. The van der Waals surface area contributed by atoms with Crippen LogP contribution in [0, 0.1) is 0 Å². The Bertz CT molecular complexity index is 2520. The lowest BCUT2D eigenvalue weighted by Crippen LogP contribution is -2.03. The van der Waals surface area contributed by atoms with E-state index in [1.54, 1.807) is 0 Å². The van der Waals surface area contributed by atoms with E-state index in [0.29, 0.717) is 73.8 Å². The van der Waals surface area contributed by atoms with Gasteiger partial charge in [0.2, 0.25) is 11.8 Å². The number of hydrogen-bond acceptors (Lipinski definition) is 12. The molecule has 6 aromatic rings. The summed E-state index contributed by atoms with van der Waals surface area (Å²) < 4.78 is 60.2. The molecule has 0 N–H and O–H groups in total. The summed E-state index contributed by atoms with van der Waals surface area (Å²) in [5.41, 5.74) is 6.69. The van der Waals surface area contributed by atoms with Crippen LogP contribution in [0.5, 0.6) is 23.0 Å². The second-order valence-corrected chi connectivity index (χ2v) is 22.6. The lowest BCUT2D eigenvalue weighted by atomic mass is 10.1. The Morgan fingerprint density at radius 2 is 0.590 bits per heavy atom. The van der Waals surface area contributed by atoms with E-state index >= 15 is 0 Å². The summed E-state index contributed by atoms with van der Waals surface area (Å²) in [5.74, 6) is 4.12. The van der Waals surface area contributed by atoms with Crippen molar-refractivity contribution in [2.75, 3.05) is 52.9 Å². The van der Waals surface area contributed by atoms with Gasteiger partial charge >= 0.3 is 0 Å². The second-order valence-electron chi connectivity index (χ2n) is 22.6. The van der Waals surface area contributed by atoms with Crippen molar-refractivity contribution in [3.63, 3.8) is 0 Å². The molecule has 0 amide bonds. The fourth-order valence-corrected chi connectivity index (χ4v) is 10.6. The van der Waals surface area contributed by atoms with Crippen LogP contribution in [0.15, 0.2) is 81.6 Å². The Morgan fingerprint density at radius 3 is 0.910 bits per heavy atom. The van der Waals surface area contributed by atoms with Crippen LogP contribution in [-0.4, -0.2) is 87.2 Å². The average Bonchev–Trinajstić information content (AvgIpc) is 4.23. The summed E-state index contributed by atoms with van der Waals surface area (Å²) in [5, 5.41) is 0. The molecule has 12 heteroatoms. The number of fused-ring (bicyclic) bond motifs is 2. The van der Waals surface area contributed by atoms with E-state index in [1.165, 1.54) is 128 Å². The van der Waals surface area contributed by atoms with E-state index < -0.39 is 0 Å². The lowest BCUT2D eigenvalue weighted by Gasteiger charge is -2.14. The standard InChI is InChI=1S/C66H88N2O10/c1(9-17-25-53-45-73-53)5-13-21-37-69-59-35-31-51(43-63(59)71-39-23-15-7-3-11-19-27-55-47-75-55)65-67-57-33-29-49(41-61(57)77-65)50-30-34-58-62(42-50)78-66(68-58)52-32-36-60(70-38-22-14-6-2-10-18-26-54-46-74-54)64(44-52)72-40-24-16-8-4-12-20-28-56-48-76-56/h29-36,41-44,53-56H,1-28,37-40,45-48H2. The van der Waals surface area contributed by atoms with Crippen LogP contribution in [-0.2, 0) is 18.9 Å². The lowest BCUT2D eigenvalue weighted by molar-refractivity contribution is 0.258. The van der Waals surface area contributed by atoms with Crippen molar-refractivity contribution >= 4 is 22.2 Å². The molecule has 4 unspecified atom stereocenters. The van der Waals surface area contributed by atoms with Gasteiger partial charge in [-0.25, -0.2) is 9.97 Å². The zero-order chi connectivity index (χ0) is 52.8. The number of ether oxygens (including phenoxy) is 8. The number of nitrogens with zero attached hydrogens (tertiary/aromatic N) is 2. The maximum atomic E-state index is 6.50. The molecule has 10 rings (SSSR count). The molecule has 2 aromatic heterocycles. The maximum absolute atomic E-state index is 6.50. The molecule has 6 heterocycles. The van der Waals surface area contributed by atoms with Crippen LogP contribution in [0.2, 0.25) is 0 Å². The third kappa shape index (κ3) is 19.0. The number of aromatic nitrogens is 2. The average molecular weight is 1070 g/mol. The fraction of sp³-hybridized carbons (Fsp3) is 0.606. The number of unbranched alkanes of at least 4 members (excludes halogenated alkanes) is 20. The number of oxazole rings is 2. The zero-order valence-electron chi connectivity index (χ0n) is 46.7. The van der Waals surface area contributed by atoms with Crippen molar-refractivity contribution in [1.82, 2.24) is 9.97 Å². The smallest absolute Gasteiger partial charge is 0.227 e. The molecular weight excluding hydrogens is 981 g/mol. The first-order valence-electron chi connectivity index (χ1n) is 30.7. The van der Waals surface area contributed by atoms with E-state index in [4.69, 9.17) is 56.7 Å². The largest absolute Gasteiger partial charge is 0.490 e. The first kappa shape index (κ1) is 56.1. The van der Waals surface area contributed by atoms with Crippen LogP contribution in [0.3, 0.4) is 0 Å². The minimum Gasteiger partial charge on any atom is -0.490 e. The number of benzene rings is 4. The van der Waals surface area contributed by atoms with Crippen molar-refractivity contribution in [3.05, 3.63) is 72.8 Å². The molecule has 4 aliphatic rings. The van der Waals surface area contributed by atoms with Crippen LogP contribution in [0.25, 0.3) is 56.2 Å². The summed E-state index contributed by atoms with van der Waals surface area (Å²) in [6.45, 7) is 6.46. The topological polar surface area (TPSA) is 139 Å². The fourth-order valence-electron chi connectivity index (χ4n) is 10.6. The van der Waals surface area contributed by atoms with Gasteiger partial charge in [0.05, 0.1) is 77.3 Å². The van der Waals surface area contributed by atoms with Gasteiger partial charge in [-0.05, 0) is 123 Å². The van der Waals surface area contributed by atoms with Gasteiger partial charge in [-0.2, -0.15) is 0 Å². The summed E-state index contributed by atoms with van der Waals surface area (Å²) in [7, 11) is 0. The molecule has 0 spiro atoms. The molecule has 4 aliphatic heterocycles. The van der Waals surface area contributed by atoms with Gasteiger partial charge in [0.25, 0.3) is 0 Å². The predicted molar refractivity (Wildman–Crippen MR) is 308 cm³/mol. The highest BCUT2D eigenvalue weighted by atomic mass is 16.6. The molecular formula is C66H88N2O10. The van der Waals surface area contributed by atoms with Crippen LogP contribution in [0.4, 0.5) is 0 Å². The van der Waals surface area contributed by atoms with Crippen LogP contribution >= 0.6 is 0 Å². The Labute approximate surface area is 463 Å². The third-order valence-corrected chi connectivity index (χ3v) is 15.8. The molecule has 4 fully saturated rings. The zero-order valence-corrected chi connectivity index (χ0v) is 46.7. The molecule has 4 aromatic carbocycles. The van der Waals surface area contributed by atoms with Gasteiger partial charge in [-0.3, -0.25) is 0 Å². The third-order valence-electron chi connectivity index (χ3n) is 15.8. The van der Waals surface area contributed by atoms with Crippen molar-refractivity contribution in [2.24, 2.45) is 0 Å². The molecule has 0 bridgehead atoms. The first-order chi connectivity index (χ1) is 38.7. The molecule has 0 radical (unpaired) electrons. The van der Waals surface area contributed by atoms with E-state index in [-0.39, 0.29) is 0 Å². The van der Waals surface area contributed by atoms with Gasteiger partial charge in [-0.1, -0.05) is 141 Å². The van der Waals surface area contributed by atoms with E-state index in [9.17, 15) is 0 Å². The van der Waals surface area contributed by atoms with Gasteiger partial charge in [0.1, 0.15) is 11.0 Å².